The molecule has 5 nitrogen and oxygen atoms in total. The number of carbonyl (C=O) groups is 2. The zero-order valence-corrected chi connectivity index (χ0v) is 15.9. The molecule has 3 rings (SSSR count). The Bertz CT molecular complexity index is 967. The van der Waals surface area contributed by atoms with Crippen LogP contribution in [0.5, 0.6) is 0 Å². The van der Waals surface area contributed by atoms with Crippen LogP contribution in [-0.4, -0.2) is 34.9 Å². The predicted octanol–water partition coefficient (Wildman–Crippen LogP) is 4.15. The van der Waals surface area contributed by atoms with Gasteiger partial charge in [-0.05, 0) is 48.9 Å². The van der Waals surface area contributed by atoms with Crippen molar-refractivity contribution in [3.63, 3.8) is 0 Å². The molecule has 0 spiro atoms. The van der Waals surface area contributed by atoms with Crippen molar-refractivity contribution in [3.8, 4) is 5.69 Å². The lowest BCUT2D eigenvalue weighted by molar-refractivity contribution is -0.116. The first-order valence-corrected chi connectivity index (χ1v) is 8.87. The smallest absolute Gasteiger partial charge is 0.254 e. The molecule has 6 heteroatoms. The molecule has 2 aromatic carbocycles. The van der Waals surface area contributed by atoms with Gasteiger partial charge in [0.25, 0.3) is 5.91 Å². The molecule has 1 N–H and O–H groups in total. The molecule has 1 aromatic heterocycles. The second-order valence-corrected chi connectivity index (χ2v) is 6.69. The Kier molecular flexibility index (Phi) is 5.62. The molecule has 2 amide bonds. The second kappa shape index (κ2) is 8.10. The maximum Gasteiger partial charge on any atom is 0.254 e. The second-order valence-electron chi connectivity index (χ2n) is 6.28. The number of halogens is 1. The van der Waals surface area contributed by atoms with E-state index < -0.39 is 0 Å². The summed E-state index contributed by atoms with van der Waals surface area (Å²) in [6.45, 7) is 1.92. The number of para-hydroxylation sites is 1. The van der Waals surface area contributed by atoms with Crippen LogP contribution in [0.4, 0.5) is 5.69 Å². The molecule has 0 saturated heterocycles. The quantitative estimate of drug-likeness (QED) is 0.721. The van der Waals surface area contributed by atoms with E-state index in [2.05, 4.69) is 5.32 Å². The Morgan fingerprint density at radius 1 is 1.07 bits per heavy atom. The number of hydrogen-bond acceptors (Lipinski definition) is 2. The molecule has 1 heterocycles. The molecule has 138 valence electrons. The van der Waals surface area contributed by atoms with Crippen molar-refractivity contribution in [2.24, 2.45) is 0 Å². The van der Waals surface area contributed by atoms with Gasteiger partial charge in [0.1, 0.15) is 0 Å². The number of aryl methyl sites for hydroxylation is 1. The third-order valence-electron chi connectivity index (χ3n) is 4.21. The van der Waals surface area contributed by atoms with Crippen molar-refractivity contribution in [2.45, 2.75) is 6.92 Å². The number of hydrogen-bond donors (Lipinski definition) is 1. The molecule has 0 fully saturated rings. The van der Waals surface area contributed by atoms with Crippen molar-refractivity contribution < 1.29 is 9.59 Å². The van der Waals surface area contributed by atoms with Crippen molar-refractivity contribution in [3.05, 3.63) is 83.1 Å². The lowest BCUT2D eigenvalue weighted by Gasteiger charge is -2.18. The first kappa shape index (κ1) is 18.7. The average Bonchev–Trinajstić information content (AvgIpc) is 3.18. The van der Waals surface area contributed by atoms with E-state index in [1.807, 2.05) is 48.1 Å². The molecule has 27 heavy (non-hydrogen) atoms. The summed E-state index contributed by atoms with van der Waals surface area (Å²) in [6, 6.07) is 16.3. The maximum atomic E-state index is 12.7. The van der Waals surface area contributed by atoms with E-state index in [0.29, 0.717) is 16.3 Å². The zero-order valence-electron chi connectivity index (χ0n) is 15.1. The highest BCUT2D eigenvalue weighted by molar-refractivity contribution is 6.33. The third-order valence-corrected chi connectivity index (χ3v) is 4.54. The lowest BCUT2D eigenvalue weighted by atomic mass is 10.1. The van der Waals surface area contributed by atoms with E-state index in [0.717, 1.165) is 11.3 Å². The number of carbonyl (C=O) groups excluding carboxylic acids is 2. The van der Waals surface area contributed by atoms with E-state index in [-0.39, 0.29) is 18.4 Å². The minimum atomic E-state index is -0.309. The highest BCUT2D eigenvalue weighted by Gasteiger charge is 2.17. The molecule has 3 aromatic rings. The van der Waals surface area contributed by atoms with E-state index in [1.165, 1.54) is 4.90 Å². The normalized spacial score (nSPS) is 10.5. The van der Waals surface area contributed by atoms with Crippen molar-refractivity contribution in [1.82, 2.24) is 9.47 Å². The first-order chi connectivity index (χ1) is 13.0. The Labute approximate surface area is 163 Å². The molecule has 0 aliphatic rings. The molecule has 0 atom stereocenters. The Hall–Kier alpha value is -3.05. The van der Waals surface area contributed by atoms with Crippen LogP contribution in [0.3, 0.4) is 0 Å². The molecule has 0 aliphatic heterocycles. The number of likely N-dealkylation sites (N-methyl/N-ethyl adjacent to an activating group) is 1. The predicted molar refractivity (Wildman–Crippen MR) is 108 cm³/mol. The number of benzene rings is 2. The maximum absolute atomic E-state index is 12.7. The SMILES string of the molecule is Cc1ccc(C(=O)N(C)CC(=O)Nc2ccccc2Cl)cc1-n1cccc1. The summed E-state index contributed by atoms with van der Waals surface area (Å²) < 4.78 is 1.95. The van der Waals surface area contributed by atoms with Crippen molar-refractivity contribution >= 4 is 29.1 Å². The van der Waals surface area contributed by atoms with Crippen LogP contribution in [0.25, 0.3) is 5.69 Å². The molecule has 0 radical (unpaired) electrons. The third kappa shape index (κ3) is 4.38. The molecule has 0 unspecified atom stereocenters. The minimum Gasteiger partial charge on any atom is -0.332 e. The number of aromatic nitrogens is 1. The van der Waals surface area contributed by atoms with Crippen LogP contribution in [0.15, 0.2) is 67.0 Å². The van der Waals surface area contributed by atoms with Gasteiger partial charge >= 0.3 is 0 Å². The summed E-state index contributed by atoms with van der Waals surface area (Å²) in [7, 11) is 1.60. The Balaban J connectivity index is 1.71. The van der Waals surface area contributed by atoms with Gasteiger partial charge in [0.15, 0.2) is 0 Å². The fraction of sp³-hybridized carbons (Fsp3) is 0.143. The van der Waals surface area contributed by atoms with Gasteiger partial charge in [-0.3, -0.25) is 9.59 Å². The Morgan fingerprint density at radius 2 is 1.78 bits per heavy atom. The van der Waals surface area contributed by atoms with Gasteiger partial charge in [0.05, 0.1) is 17.3 Å². The highest BCUT2D eigenvalue weighted by Crippen LogP contribution is 2.20. The summed E-state index contributed by atoms with van der Waals surface area (Å²) in [5.41, 5.74) is 3.04. The monoisotopic (exact) mass is 381 g/mol. The largest absolute Gasteiger partial charge is 0.332 e. The molecular formula is C21H20ClN3O2. The van der Waals surface area contributed by atoms with Gasteiger partial charge in [-0.25, -0.2) is 0 Å². The van der Waals surface area contributed by atoms with Crippen LogP contribution in [0, 0.1) is 6.92 Å². The topological polar surface area (TPSA) is 54.3 Å². The minimum absolute atomic E-state index is 0.0726. The van der Waals surface area contributed by atoms with E-state index in [1.54, 1.807) is 37.4 Å². The molecule has 0 bridgehead atoms. The summed E-state index contributed by atoms with van der Waals surface area (Å²) in [5, 5.41) is 3.17. The lowest BCUT2D eigenvalue weighted by Crippen LogP contribution is -2.35. The van der Waals surface area contributed by atoms with Gasteiger partial charge in [-0.1, -0.05) is 29.8 Å². The number of amides is 2. The van der Waals surface area contributed by atoms with Gasteiger partial charge in [-0.2, -0.15) is 0 Å². The van der Waals surface area contributed by atoms with Crippen LogP contribution in [0.1, 0.15) is 15.9 Å². The van der Waals surface area contributed by atoms with Crippen molar-refractivity contribution in [2.75, 3.05) is 18.9 Å². The average molecular weight is 382 g/mol. The summed E-state index contributed by atoms with van der Waals surface area (Å²) in [6.07, 6.45) is 3.86. The highest BCUT2D eigenvalue weighted by atomic mass is 35.5. The standard InChI is InChI=1S/C21H20ClN3O2/c1-15-9-10-16(13-19(15)25-11-5-6-12-25)21(27)24(2)14-20(26)23-18-8-4-3-7-17(18)22/h3-13H,14H2,1-2H3,(H,23,26). The number of anilines is 1. The van der Waals surface area contributed by atoms with Crippen LogP contribution in [0.2, 0.25) is 5.02 Å². The van der Waals surface area contributed by atoms with Gasteiger partial charge in [-0.15, -0.1) is 0 Å². The van der Waals surface area contributed by atoms with Crippen LogP contribution < -0.4 is 5.32 Å². The Morgan fingerprint density at radius 3 is 2.48 bits per heavy atom. The summed E-state index contributed by atoms with van der Waals surface area (Å²) in [4.78, 5) is 26.4. The zero-order chi connectivity index (χ0) is 19.4. The summed E-state index contributed by atoms with van der Waals surface area (Å²) >= 11 is 6.05. The number of nitrogens with zero attached hydrogens (tertiary/aromatic N) is 2. The van der Waals surface area contributed by atoms with Gasteiger partial charge in [0, 0.05) is 30.7 Å². The number of rotatable bonds is 5. The first-order valence-electron chi connectivity index (χ1n) is 8.49. The summed E-state index contributed by atoms with van der Waals surface area (Å²) in [5.74, 6) is -0.533. The van der Waals surface area contributed by atoms with E-state index in [9.17, 15) is 9.59 Å². The van der Waals surface area contributed by atoms with Gasteiger partial charge < -0.3 is 14.8 Å². The van der Waals surface area contributed by atoms with Gasteiger partial charge in [0.2, 0.25) is 5.91 Å². The van der Waals surface area contributed by atoms with E-state index >= 15 is 0 Å². The molecular weight excluding hydrogens is 362 g/mol. The van der Waals surface area contributed by atoms with Crippen molar-refractivity contribution in [1.29, 1.82) is 0 Å². The van der Waals surface area contributed by atoms with Crippen LogP contribution >= 0.6 is 11.6 Å². The van der Waals surface area contributed by atoms with Crippen LogP contribution in [-0.2, 0) is 4.79 Å². The fourth-order valence-corrected chi connectivity index (χ4v) is 2.96. The van der Waals surface area contributed by atoms with E-state index in [4.69, 9.17) is 11.6 Å². The fourth-order valence-electron chi connectivity index (χ4n) is 2.78. The number of nitrogens with one attached hydrogen (secondary N) is 1. The molecule has 0 saturated carbocycles. The molecule has 0 aliphatic carbocycles.